The third kappa shape index (κ3) is 1.32. The van der Waals surface area contributed by atoms with Gasteiger partial charge < -0.3 is 9.52 Å². The van der Waals surface area contributed by atoms with Crippen LogP contribution in [0, 0.1) is 13.8 Å². The molecule has 1 N–H and O–H groups in total. The molecule has 1 atom stereocenters. The van der Waals surface area contributed by atoms with Gasteiger partial charge in [0.1, 0.15) is 11.3 Å². The average Bonchev–Trinajstić information content (AvgIpc) is 2.42. The lowest BCUT2D eigenvalue weighted by molar-refractivity contribution is 0.199. The molecule has 1 unspecified atom stereocenters. The van der Waals surface area contributed by atoms with E-state index in [0.717, 1.165) is 22.3 Å². The Hall–Kier alpha value is -1.28. The Balaban J connectivity index is 2.67. The van der Waals surface area contributed by atoms with Gasteiger partial charge in [0, 0.05) is 5.39 Å². The molecule has 0 aliphatic rings. The van der Waals surface area contributed by atoms with Crippen LogP contribution in [0.3, 0.4) is 0 Å². The summed E-state index contributed by atoms with van der Waals surface area (Å²) in [5.41, 5.74) is 2.93. The van der Waals surface area contributed by atoms with Crippen molar-refractivity contribution in [2.75, 3.05) is 0 Å². The van der Waals surface area contributed by atoms with Gasteiger partial charge in [0.05, 0.1) is 6.10 Å². The quantitative estimate of drug-likeness (QED) is 0.749. The molecule has 0 amide bonds. The summed E-state index contributed by atoms with van der Waals surface area (Å²) in [6.07, 6.45) is -0.440. The molecule has 0 radical (unpaired) electrons. The standard InChI is InChI=1S/C12H14O2/c1-7-9(3)14-12-6-10(8(2)13)4-5-11(7)12/h4-6,8,13H,1-3H3. The Morgan fingerprint density at radius 2 is 2.00 bits per heavy atom. The zero-order valence-electron chi connectivity index (χ0n) is 8.66. The predicted octanol–water partition coefficient (Wildman–Crippen LogP) is 3.10. The second-order valence-corrected chi connectivity index (χ2v) is 3.71. The highest BCUT2D eigenvalue weighted by molar-refractivity contribution is 5.82. The first kappa shape index (κ1) is 9.28. The number of aryl methyl sites for hydroxylation is 2. The molecule has 0 fully saturated rings. The van der Waals surface area contributed by atoms with Crippen LogP contribution in [0.5, 0.6) is 0 Å². The molecule has 0 saturated carbocycles. The van der Waals surface area contributed by atoms with Gasteiger partial charge in [-0.25, -0.2) is 0 Å². The number of aliphatic hydroxyl groups is 1. The molecule has 14 heavy (non-hydrogen) atoms. The van der Waals surface area contributed by atoms with Crippen molar-refractivity contribution < 1.29 is 9.52 Å². The molecule has 0 bridgehead atoms. The maximum atomic E-state index is 9.42. The van der Waals surface area contributed by atoms with Gasteiger partial charge in [-0.3, -0.25) is 0 Å². The van der Waals surface area contributed by atoms with Crippen molar-refractivity contribution in [1.82, 2.24) is 0 Å². The van der Waals surface area contributed by atoms with Crippen molar-refractivity contribution in [2.24, 2.45) is 0 Å². The summed E-state index contributed by atoms with van der Waals surface area (Å²) in [5.74, 6) is 0.947. The van der Waals surface area contributed by atoms with Crippen LogP contribution in [0.4, 0.5) is 0 Å². The van der Waals surface area contributed by atoms with E-state index in [1.54, 1.807) is 6.92 Å². The largest absolute Gasteiger partial charge is 0.461 e. The highest BCUT2D eigenvalue weighted by atomic mass is 16.3. The number of fused-ring (bicyclic) bond motifs is 1. The average molecular weight is 190 g/mol. The lowest BCUT2D eigenvalue weighted by Gasteiger charge is -2.02. The Kier molecular flexibility index (Phi) is 2.08. The molecule has 0 spiro atoms. The van der Waals surface area contributed by atoms with E-state index in [0.29, 0.717) is 0 Å². The fraction of sp³-hybridized carbons (Fsp3) is 0.333. The Morgan fingerprint density at radius 1 is 1.29 bits per heavy atom. The third-order valence-electron chi connectivity index (χ3n) is 2.68. The van der Waals surface area contributed by atoms with Crippen LogP contribution in [0.2, 0.25) is 0 Å². The molecule has 74 valence electrons. The molecule has 1 heterocycles. The molecule has 2 aromatic rings. The van der Waals surface area contributed by atoms with E-state index < -0.39 is 6.10 Å². The molecule has 0 aliphatic heterocycles. The van der Waals surface area contributed by atoms with Gasteiger partial charge in [-0.15, -0.1) is 0 Å². The van der Waals surface area contributed by atoms with Crippen LogP contribution in [0.25, 0.3) is 11.0 Å². The predicted molar refractivity (Wildman–Crippen MR) is 56.3 cm³/mol. The molecule has 2 rings (SSSR count). The van der Waals surface area contributed by atoms with Crippen LogP contribution < -0.4 is 0 Å². The second-order valence-electron chi connectivity index (χ2n) is 3.71. The maximum Gasteiger partial charge on any atom is 0.134 e. The number of benzene rings is 1. The van der Waals surface area contributed by atoms with E-state index in [2.05, 4.69) is 0 Å². The summed E-state index contributed by atoms with van der Waals surface area (Å²) in [4.78, 5) is 0. The van der Waals surface area contributed by atoms with Gasteiger partial charge in [-0.1, -0.05) is 12.1 Å². The SMILES string of the molecule is Cc1oc2cc(C(C)O)ccc2c1C. The molecule has 0 aliphatic carbocycles. The normalized spacial score (nSPS) is 13.4. The van der Waals surface area contributed by atoms with Crippen molar-refractivity contribution in [3.05, 3.63) is 35.1 Å². The van der Waals surface area contributed by atoms with Crippen molar-refractivity contribution in [2.45, 2.75) is 26.9 Å². The van der Waals surface area contributed by atoms with E-state index in [9.17, 15) is 5.11 Å². The van der Waals surface area contributed by atoms with Crippen LogP contribution in [-0.2, 0) is 0 Å². The van der Waals surface area contributed by atoms with Gasteiger partial charge in [0.25, 0.3) is 0 Å². The minimum absolute atomic E-state index is 0.440. The zero-order valence-corrected chi connectivity index (χ0v) is 8.66. The third-order valence-corrected chi connectivity index (χ3v) is 2.68. The van der Waals surface area contributed by atoms with Crippen LogP contribution in [0.1, 0.15) is 29.9 Å². The Bertz CT molecular complexity index is 466. The van der Waals surface area contributed by atoms with Crippen LogP contribution >= 0.6 is 0 Å². The minimum Gasteiger partial charge on any atom is -0.461 e. The number of aliphatic hydroxyl groups excluding tert-OH is 1. The maximum absolute atomic E-state index is 9.42. The molecular formula is C12H14O2. The summed E-state index contributed by atoms with van der Waals surface area (Å²) in [5, 5.41) is 10.5. The van der Waals surface area contributed by atoms with Crippen molar-refractivity contribution in [3.8, 4) is 0 Å². The van der Waals surface area contributed by atoms with E-state index in [-0.39, 0.29) is 0 Å². The number of furan rings is 1. The lowest BCUT2D eigenvalue weighted by Crippen LogP contribution is -1.89. The minimum atomic E-state index is -0.440. The number of rotatable bonds is 1. The van der Waals surface area contributed by atoms with Gasteiger partial charge in [-0.2, -0.15) is 0 Å². The van der Waals surface area contributed by atoms with Gasteiger partial charge >= 0.3 is 0 Å². The van der Waals surface area contributed by atoms with Crippen molar-refractivity contribution in [3.63, 3.8) is 0 Å². The number of hydrogen-bond donors (Lipinski definition) is 1. The first-order valence-electron chi connectivity index (χ1n) is 4.77. The summed E-state index contributed by atoms with van der Waals surface area (Å²) < 4.78 is 5.58. The summed E-state index contributed by atoms with van der Waals surface area (Å²) in [7, 11) is 0. The fourth-order valence-corrected chi connectivity index (χ4v) is 1.62. The van der Waals surface area contributed by atoms with Crippen molar-refractivity contribution in [1.29, 1.82) is 0 Å². The highest BCUT2D eigenvalue weighted by Gasteiger charge is 2.08. The first-order chi connectivity index (χ1) is 6.59. The van der Waals surface area contributed by atoms with E-state index >= 15 is 0 Å². The van der Waals surface area contributed by atoms with E-state index in [1.165, 1.54) is 5.56 Å². The Morgan fingerprint density at radius 3 is 2.64 bits per heavy atom. The summed E-state index contributed by atoms with van der Waals surface area (Å²) in [6.45, 7) is 5.75. The second kappa shape index (κ2) is 3.14. The van der Waals surface area contributed by atoms with Gasteiger partial charge in [-0.05, 0) is 38.0 Å². The topological polar surface area (TPSA) is 33.4 Å². The van der Waals surface area contributed by atoms with Gasteiger partial charge in [0.15, 0.2) is 0 Å². The number of hydrogen-bond acceptors (Lipinski definition) is 2. The van der Waals surface area contributed by atoms with Crippen molar-refractivity contribution >= 4 is 11.0 Å². The smallest absolute Gasteiger partial charge is 0.134 e. The van der Waals surface area contributed by atoms with E-state index in [4.69, 9.17) is 4.42 Å². The molecule has 2 nitrogen and oxygen atoms in total. The lowest BCUT2D eigenvalue weighted by atomic mass is 10.1. The van der Waals surface area contributed by atoms with E-state index in [1.807, 2.05) is 32.0 Å². The zero-order chi connectivity index (χ0) is 10.3. The summed E-state index contributed by atoms with van der Waals surface area (Å²) >= 11 is 0. The summed E-state index contributed by atoms with van der Waals surface area (Å²) in [6, 6.07) is 5.85. The highest BCUT2D eigenvalue weighted by Crippen LogP contribution is 2.27. The van der Waals surface area contributed by atoms with Crippen LogP contribution in [0.15, 0.2) is 22.6 Å². The molecule has 1 aromatic carbocycles. The molecule has 0 saturated heterocycles. The molecule has 2 heteroatoms. The van der Waals surface area contributed by atoms with Gasteiger partial charge in [0.2, 0.25) is 0 Å². The Labute approximate surface area is 83.2 Å². The van der Waals surface area contributed by atoms with Crippen LogP contribution in [-0.4, -0.2) is 5.11 Å². The monoisotopic (exact) mass is 190 g/mol. The molecule has 1 aromatic heterocycles. The first-order valence-corrected chi connectivity index (χ1v) is 4.77. The molecular weight excluding hydrogens is 176 g/mol. The fourth-order valence-electron chi connectivity index (χ4n) is 1.62.